The van der Waals surface area contributed by atoms with Crippen LogP contribution in [0.5, 0.6) is 5.75 Å². The highest BCUT2D eigenvalue weighted by atomic mass is 79.9. The molecule has 0 aliphatic carbocycles. The monoisotopic (exact) mass is 287 g/mol. The summed E-state index contributed by atoms with van der Waals surface area (Å²) in [6.45, 7) is 1.35. The predicted molar refractivity (Wildman–Crippen MR) is 62.3 cm³/mol. The first-order chi connectivity index (χ1) is 7.09. The number of carbonyl (C=O) groups excluding carboxylic acids is 1. The van der Waals surface area contributed by atoms with E-state index in [2.05, 4.69) is 20.9 Å². The number of halogens is 2. The van der Waals surface area contributed by atoms with Gasteiger partial charge in [0, 0.05) is 6.92 Å². The molecule has 2 rings (SSSR count). The fraction of sp³-hybridized carbons (Fsp3) is 0.100. The van der Waals surface area contributed by atoms with Gasteiger partial charge in [0.2, 0.25) is 0 Å². The normalized spacial score (nSPS) is 10.6. The zero-order chi connectivity index (χ0) is 11.0. The number of hydrogen-bond donors (Lipinski definition) is 1. The number of carbonyl (C=O) groups is 1. The van der Waals surface area contributed by atoms with Crippen molar-refractivity contribution >= 4 is 44.4 Å². The first kappa shape index (κ1) is 10.5. The van der Waals surface area contributed by atoms with E-state index in [0.29, 0.717) is 20.8 Å². The SMILES string of the molecule is CC(=O)Oc1c(Br)[nH]c2cccc(Cl)c12. The van der Waals surface area contributed by atoms with Crippen molar-refractivity contribution < 1.29 is 9.53 Å². The standard InChI is InChI=1S/C10H7BrClNO2/c1-5(14)15-9-8-6(12)3-2-4-7(8)13-10(9)11/h2-4,13H,1H3. The largest absolute Gasteiger partial charge is 0.423 e. The average Bonchev–Trinajstić information content (AvgIpc) is 2.43. The van der Waals surface area contributed by atoms with Gasteiger partial charge in [-0.05, 0) is 28.1 Å². The van der Waals surface area contributed by atoms with Crippen molar-refractivity contribution in [3.63, 3.8) is 0 Å². The van der Waals surface area contributed by atoms with Gasteiger partial charge in [-0.25, -0.2) is 0 Å². The van der Waals surface area contributed by atoms with Crippen LogP contribution in [0.1, 0.15) is 6.92 Å². The lowest BCUT2D eigenvalue weighted by Gasteiger charge is -2.00. The van der Waals surface area contributed by atoms with Gasteiger partial charge in [0.1, 0.15) is 4.60 Å². The lowest BCUT2D eigenvalue weighted by atomic mass is 10.2. The Hall–Kier alpha value is -1.00. The minimum Gasteiger partial charge on any atom is -0.423 e. The number of nitrogens with one attached hydrogen (secondary N) is 1. The minimum absolute atomic E-state index is 0.378. The van der Waals surface area contributed by atoms with Crippen LogP contribution in [0, 0.1) is 0 Å². The molecule has 0 saturated carbocycles. The predicted octanol–water partition coefficient (Wildman–Crippen LogP) is 3.51. The molecular formula is C10H7BrClNO2. The van der Waals surface area contributed by atoms with Crippen molar-refractivity contribution in [1.29, 1.82) is 0 Å². The Kier molecular flexibility index (Phi) is 2.71. The van der Waals surface area contributed by atoms with Crippen LogP contribution in [0.2, 0.25) is 5.02 Å². The average molecular weight is 289 g/mol. The maximum Gasteiger partial charge on any atom is 0.308 e. The Morgan fingerprint density at radius 2 is 2.27 bits per heavy atom. The summed E-state index contributed by atoms with van der Waals surface area (Å²) in [5.41, 5.74) is 0.825. The van der Waals surface area contributed by atoms with Crippen molar-refractivity contribution in [3.05, 3.63) is 27.8 Å². The van der Waals surface area contributed by atoms with Crippen molar-refractivity contribution in [2.24, 2.45) is 0 Å². The van der Waals surface area contributed by atoms with Crippen molar-refractivity contribution in [3.8, 4) is 5.75 Å². The molecule has 78 valence electrons. The number of benzene rings is 1. The van der Waals surface area contributed by atoms with E-state index in [4.69, 9.17) is 16.3 Å². The molecule has 1 heterocycles. The molecule has 0 amide bonds. The van der Waals surface area contributed by atoms with E-state index in [-0.39, 0.29) is 5.97 Å². The van der Waals surface area contributed by atoms with Gasteiger partial charge in [-0.3, -0.25) is 4.79 Å². The van der Waals surface area contributed by atoms with Crippen molar-refractivity contribution in [1.82, 2.24) is 4.98 Å². The number of hydrogen-bond acceptors (Lipinski definition) is 2. The summed E-state index contributed by atoms with van der Waals surface area (Å²) in [5, 5.41) is 1.26. The number of esters is 1. The van der Waals surface area contributed by atoms with Crippen LogP contribution < -0.4 is 4.74 Å². The third-order valence-corrected chi connectivity index (χ3v) is 2.80. The molecule has 3 nitrogen and oxygen atoms in total. The van der Waals surface area contributed by atoms with E-state index >= 15 is 0 Å². The van der Waals surface area contributed by atoms with Gasteiger partial charge in [-0.15, -0.1) is 0 Å². The third kappa shape index (κ3) is 1.87. The highest BCUT2D eigenvalue weighted by molar-refractivity contribution is 9.10. The summed E-state index contributed by atoms with van der Waals surface area (Å²) < 4.78 is 5.69. The fourth-order valence-corrected chi connectivity index (χ4v) is 2.14. The molecule has 5 heteroatoms. The van der Waals surface area contributed by atoms with Crippen LogP contribution in [-0.4, -0.2) is 11.0 Å². The van der Waals surface area contributed by atoms with Crippen LogP contribution in [0.4, 0.5) is 0 Å². The Morgan fingerprint density at radius 1 is 1.53 bits per heavy atom. The molecule has 0 saturated heterocycles. The van der Waals surface area contributed by atoms with Gasteiger partial charge in [0.05, 0.1) is 15.9 Å². The highest BCUT2D eigenvalue weighted by Crippen LogP contribution is 2.38. The highest BCUT2D eigenvalue weighted by Gasteiger charge is 2.15. The summed E-state index contributed by atoms with van der Waals surface area (Å²) in [6, 6.07) is 5.43. The number of H-pyrrole nitrogens is 1. The van der Waals surface area contributed by atoms with Gasteiger partial charge >= 0.3 is 5.97 Å². The quantitative estimate of drug-likeness (QED) is 0.816. The first-order valence-electron chi connectivity index (χ1n) is 4.23. The van der Waals surface area contributed by atoms with Gasteiger partial charge in [-0.1, -0.05) is 17.7 Å². The second-order valence-corrected chi connectivity index (χ2v) is 4.22. The molecule has 2 aromatic rings. The molecule has 0 aliphatic rings. The summed E-state index contributed by atoms with van der Waals surface area (Å²) in [4.78, 5) is 13.9. The van der Waals surface area contributed by atoms with Gasteiger partial charge in [0.25, 0.3) is 0 Å². The summed E-state index contributed by atoms with van der Waals surface area (Å²) in [6.07, 6.45) is 0. The molecule has 0 spiro atoms. The summed E-state index contributed by atoms with van der Waals surface area (Å²) in [7, 11) is 0. The maximum absolute atomic E-state index is 10.9. The van der Waals surface area contributed by atoms with Crippen molar-refractivity contribution in [2.45, 2.75) is 6.92 Å². The minimum atomic E-state index is -0.378. The third-order valence-electron chi connectivity index (χ3n) is 1.93. The topological polar surface area (TPSA) is 42.1 Å². The number of rotatable bonds is 1. The Labute approximate surface area is 99.5 Å². The van der Waals surface area contributed by atoms with Crippen LogP contribution in [-0.2, 0) is 4.79 Å². The van der Waals surface area contributed by atoms with Crippen LogP contribution in [0.3, 0.4) is 0 Å². The number of aromatic amines is 1. The van der Waals surface area contributed by atoms with Crippen LogP contribution in [0.25, 0.3) is 10.9 Å². The van der Waals surface area contributed by atoms with Crippen LogP contribution in [0.15, 0.2) is 22.8 Å². The molecular weight excluding hydrogens is 281 g/mol. The van der Waals surface area contributed by atoms with E-state index in [0.717, 1.165) is 5.52 Å². The molecule has 1 N–H and O–H groups in total. The van der Waals surface area contributed by atoms with E-state index in [1.165, 1.54) is 6.92 Å². The first-order valence-corrected chi connectivity index (χ1v) is 5.41. The van der Waals surface area contributed by atoms with Gasteiger partial charge in [0.15, 0.2) is 5.75 Å². The van der Waals surface area contributed by atoms with E-state index in [1.807, 2.05) is 12.1 Å². The van der Waals surface area contributed by atoms with E-state index in [9.17, 15) is 4.79 Å². The number of aromatic nitrogens is 1. The lowest BCUT2D eigenvalue weighted by Crippen LogP contribution is -2.01. The molecule has 15 heavy (non-hydrogen) atoms. The Balaban J connectivity index is 2.71. The van der Waals surface area contributed by atoms with Crippen LogP contribution >= 0.6 is 27.5 Å². The molecule has 1 aromatic carbocycles. The zero-order valence-electron chi connectivity index (χ0n) is 7.80. The zero-order valence-corrected chi connectivity index (χ0v) is 10.1. The second kappa shape index (κ2) is 3.87. The molecule has 0 radical (unpaired) electrons. The molecule has 0 aliphatic heterocycles. The lowest BCUT2D eigenvalue weighted by molar-refractivity contribution is -0.131. The molecule has 0 atom stereocenters. The molecule has 0 fully saturated rings. The molecule has 1 aromatic heterocycles. The maximum atomic E-state index is 10.9. The fourth-order valence-electron chi connectivity index (χ4n) is 1.38. The van der Waals surface area contributed by atoms with E-state index in [1.54, 1.807) is 6.07 Å². The number of fused-ring (bicyclic) bond motifs is 1. The van der Waals surface area contributed by atoms with Gasteiger partial charge in [-0.2, -0.15) is 0 Å². The summed E-state index contributed by atoms with van der Waals surface area (Å²) in [5.74, 6) is 0.0552. The Morgan fingerprint density at radius 3 is 2.93 bits per heavy atom. The molecule has 0 unspecified atom stereocenters. The van der Waals surface area contributed by atoms with Gasteiger partial charge < -0.3 is 9.72 Å². The van der Waals surface area contributed by atoms with E-state index < -0.39 is 0 Å². The molecule has 0 bridgehead atoms. The summed E-state index contributed by atoms with van der Waals surface area (Å²) >= 11 is 9.31. The number of ether oxygens (including phenoxy) is 1. The Bertz CT molecular complexity index is 535. The second-order valence-electron chi connectivity index (χ2n) is 3.02. The smallest absolute Gasteiger partial charge is 0.308 e. The van der Waals surface area contributed by atoms with Crippen molar-refractivity contribution in [2.75, 3.05) is 0 Å².